The second kappa shape index (κ2) is 8.83. The largest absolute Gasteiger partial charge is 0.474 e. The smallest absolute Gasteiger partial charge is 0.275 e. The van der Waals surface area contributed by atoms with Crippen LogP contribution in [0.2, 0.25) is 0 Å². The maximum absolute atomic E-state index is 14.9. The third-order valence-electron chi connectivity index (χ3n) is 5.59. The van der Waals surface area contributed by atoms with Gasteiger partial charge in [0.15, 0.2) is 0 Å². The highest BCUT2D eigenvalue weighted by atomic mass is 32.2. The highest BCUT2D eigenvalue weighted by molar-refractivity contribution is 7.99. The summed E-state index contributed by atoms with van der Waals surface area (Å²) in [5.41, 5.74) is 6.39. The highest BCUT2D eigenvalue weighted by Crippen LogP contribution is 2.49. The topological polar surface area (TPSA) is 102 Å². The summed E-state index contributed by atoms with van der Waals surface area (Å²) in [4.78, 5) is 20.5. The molecule has 2 fully saturated rings. The second-order valence-corrected chi connectivity index (χ2v) is 8.56. The number of halogens is 2. The SMILES string of the molecule is NC1N[C@@]2(c3cc(NC(=O)c4cnc(OCCF)cn4)ccc3F)CCC[C@H]2CS1. The van der Waals surface area contributed by atoms with E-state index in [1.165, 1.54) is 24.5 Å². The van der Waals surface area contributed by atoms with Crippen LogP contribution in [-0.2, 0) is 5.54 Å². The number of alkyl halides is 1. The molecule has 1 saturated carbocycles. The molecule has 3 atom stereocenters. The lowest BCUT2D eigenvalue weighted by molar-refractivity contribution is 0.102. The minimum absolute atomic E-state index is 0.0691. The van der Waals surface area contributed by atoms with Crippen LogP contribution in [0.15, 0.2) is 30.6 Å². The number of hydrogen-bond acceptors (Lipinski definition) is 7. The van der Waals surface area contributed by atoms with Crippen LogP contribution in [0.3, 0.4) is 0 Å². The van der Waals surface area contributed by atoms with Crippen LogP contribution >= 0.6 is 11.8 Å². The molecular weight excluding hydrogens is 412 g/mol. The quantitative estimate of drug-likeness (QED) is 0.641. The first-order valence-corrected chi connectivity index (χ1v) is 10.8. The molecule has 1 saturated heterocycles. The predicted octanol–water partition coefficient (Wildman–Crippen LogP) is 2.79. The van der Waals surface area contributed by atoms with Gasteiger partial charge >= 0.3 is 0 Å². The van der Waals surface area contributed by atoms with E-state index in [-0.39, 0.29) is 35.4 Å². The van der Waals surface area contributed by atoms with E-state index in [9.17, 15) is 13.6 Å². The maximum atomic E-state index is 14.9. The van der Waals surface area contributed by atoms with E-state index in [0.717, 1.165) is 25.0 Å². The van der Waals surface area contributed by atoms with Crippen molar-refractivity contribution in [2.75, 3.05) is 24.4 Å². The van der Waals surface area contributed by atoms with E-state index in [4.69, 9.17) is 10.5 Å². The molecule has 30 heavy (non-hydrogen) atoms. The fraction of sp³-hybridized carbons (Fsp3) is 0.450. The van der Waals surface area contributed by atoms with Gasteiger partial charge in [-0.1, -0.05) is 6.42 Å². The van der Waals surface area contributed by atoms with Gasteiger partial charge in [0.1, 0.15) is 30.3 Å². The Morgan fingerprint density at radius 2 is 2.27 bits per heavy atom. The monoisotopic (exact) mass is 435 g/mol. The van der Waals surface area contributed by atoms with Crippen molar-refractivity contribution in [2.24, 2.45) is 11.7 Å². The first kappa shape index (κ1) is 21.0. The van der Waals surface area contributed by atoms with Crippen LogP contribution < -0.4 is 21.1 Å². The van der Waals surface area contributed by atoms with Crippen molar-refractivity contribution in [2.45, 2.75) is 30.3 Å². The van der Waals surface area contributed by atoms with Gasteiger partial charge in [0.25, 0.3) is 5.91 Å². The molecule has 10 heteroatoms. The summed E-state index contributed by atoms with van der Waals surface area (Å²) in [6.45, 7) is -0.769. The summed E-state index contributed by atoms with van der Waals surface area (Å²) < 4.78 is 32.0. The van der Waals surface area contributed by atoms with Crippen LogP contribution in [0.5, 0.6) is 5.88 Å². The molecule has 7 nitrogen and oxygen atoms in total. The van der Waals surface area contributed by atoms with Crippen molar-refractivity contribution < 1.29 is 18.3 Å². The molecule has 1 aliphatic heterocycles. The molecule has 4 N–H and O–H groups in total. The first-order valence-electron chi connectivity index (χ1n) is 9.79. The summed E-state index contributed by atoms with van der Waals surface area (Å²) in [6, 6.07) is 4.55. The number of ether oxygens (including phenoxy) is 1. The lowest BCUT2D eigenvalue weighted by Gasteiger charge is -2.43. The van der Waals surface area contributed by atoms with Gasteiger partial charge in [0.05, 0.1) is 17.9 Å². The number of anilines is 1. The Bertz CT molecular complexity index is 917. The van der Waals surface area contributed by atoms with Crippen LogP contribution in [0, 0.1) is 11.7 Å². The average Bonchev–Trinajstić information content (AvgIpc) is 3.17. The Balaban J connectivity index is 1.54. The van der Waals surface area contributed by atoms with Gasteiger partial charge in [0, 0.05) is 17.0 Å². The van der Waals surface area contributed by atoms with E-state index in [0.29, 0.717) is 11.3 Å². The van der Waals surface area contributed by atoms with Crippen LogP contribution in [0.1, 0.15) is 35.3 Å². The molecule has 0 spiro atoms. The lowest BCUT2D eigenvalue weighted by Crippen LogP contribution is -2.57. The van der Waals surface area contributed by atoms with Crippen LogP contribution in [0.4, 0.5) is 14.5 Å². The molecule has 160 valence electrons. The number of carbonyl (C=O) groups is 1. The van der Waals surface area contributed by atoms with Gasteiger partial charge in [0.2, 0.25) is 5.88 Å². The molecular formula is C20H23F2N5O2S. The number of carbonyl (C=O) groups excluding carboxylic acids is 1. The zero-order valence-corrected chi connectivity index (χ0v) is 17.1. The number of rotatable bonds is 6. The molecule has 1 unspecified atom stereocenters. The maximum Gasteiger partial charge on any atom is 0.275 e. The lowest BCUT2D eigenvalue weighted by atomic mass is 9.80. The summed E-state index contributed by atoms with van der Waals surface area (Å²) in [6.07, 6.45) is 5.31. The molecule has 2 heterocycles. The van der Waals surface area contributed by atoms with Crippen molar-refractivity contribution in [3.8, 4) is 5.88 Å². The van der Waals surface area contributed by atoms with Gasteiger partial charge < -0.3 is 15.8 Å². The first-order chi connectivity index (χ1) is 14.5. The molecule has 1 amide bonds. The number of nitrogens with one attached hydrogen (secondary N) is 2. The van der Waals surface area contributed by atoms with Crippen molar-refractivity contribution >= 4 is 23.4 Å². The summed E-state index contributed by atoms with van der Waals surface area (Å²) in [5, 5.41) is 6.15. The zero-order chi connectivity index (χ0) is 21.1. The van der Waals surface area contributed by atoms with E-state index in [1.807, 2.05) is 0 Å². The Kier molecular flexibility index (Phi) is 6.16. The summed E-state index contributed by atoms with van der Waals surface area (Å²) >= 11 is 1.64. The van der Waals surface area contributed by atoms with E-state index in [2.05, 4.69) is 20.6 Å². The fourth-order valence-electron chi connectivity index (χ4n) is 4.23. The van der Waals surface area contributed by atoms with Gasteiger partial charge in [-0.25, -0.2) is 18.7 Å². The Morgan fingerprint density at radius 3 is 3.03 bits per heavy atom. The van der Waals surface area contributed by atoms with Gasteiger partial charge in [-0.05, 0) is 37.0 Å². The molecule has 1 aromatic heterocycles. The van der Waals surface area contributed by atoms with Crippen molar-refractivity contribution in [1.82, 2.24) is 15.3 Å². The third-order valence-corrected chi connectivity index (χ3v) is 6.66. The molecule has 1 aliphatic carbocycles. The fourth-order valence-corrected chi connectivity index (χ4v) is 5.42. The number of aromatic nitrogens is 2. The molecule has 0 radical (unpaired) electrons. The van der Waals surface area contributed by atoms with Crippen LogP contribution in [-0.4, -0.2) is 40.4 Å². The Labute approximate surface area is 177 Å². The van der Waals surface area contributed by atoms with Crippen molar-refractivity contribution in [1.29, 1.82) is 0 Å². The molecule has 1 aromatic carbocycles. The average molecular weight is 436 g/mol. The molecule has 2 aliphatic rings. The predicted molar refractivity (Wildman–Crippen MR) is 110 cm³/mol. The Morgan fingerprint density at radius 1 is 1.40 bits per heavy atom. The number of benzene rings is 1. The van der Waals surface area contributed by atoms with E-state index in [1.54, 1.807) is 17.8 Å². The van der Waals surface area contributed by atoms with E-state index < -0.39 is 18.1 Å². The second-order valence-electron chi connectivity index (χ2n) is 7.38. The Hall–Kier alpha value is -2.30. The third kappa shape index (κ3) is 4.12. The normalized spacial score (nSPS) is 25.6. The number of amides is 1. The number of nitrogens with two attached hydrogens (primary N) is 1. The zero-order valence-electron chi connectivity index (χ0n) is 16.2. The van der Waals surface area contributed by atoms with Crippen molar-refractivity contribution in [3.63, 3.8) is 0 Å². The summed E-state index contributed by atoms with van der Waals surface area (Å²) in [5.74, 6) is 0.487. The highest BCUT2D eigenvalue weighted by Gasteiger charge is 2.49. The summed E-state index contributed by atoms with van der Waals surface area (Å²) in [7, 11) is 0. The molecule has 4 rings (SSSR count). The van der Waals surface area contributed by atoms with Gasteiger partial charge in [-0.3, -0.25) is 10.1 Å². The number of thioether (sulfide) groups is 1. The van der Waals surface area contributed by atoms with Crippen LogP contribution in [0.25, 0.3) is 0 Å². The van der Waals surface area contributed by atoms with Crippen molar-refractivity contribution in [3.05, 3.63) is 47.7 Å². The minimum Gasteiger partial charge on any atom is -0.474 e. The number of nitrogens with zero attached hydrogens (tertiary/aromatic N) is 2. The minimum atomic E-state index is -0.641. The number of fused-ring (bicyclic) bond motifs is 1. The molecule has 2 aromatic rings. The van der Waals surface area contributed by atoms with Gasteiger partial charge in [-0.2, -0.15) is 0 Å². The number of hydrogen-bond donors (Lipinski definition) is 3. The van der Waals surface area contributed by atoms with E-state index >= 15 is 0 Å². The molecule has 0 bridgehead atoms. The van der Waals surface area contributed by atoms with Gasteiger partial charge in [-0.15, -0.1) is 11.8 Å². The standard InChI is InChI=1S/C20H23F2N5O2S/c21-6-7-29-17-10-24-16(9-25-17)18(28)26-13-3-4-15(22)14(8-13)20-5-1-2-12(20)11-30-19(23)27-20/h3-4,8-10,12,19,27H,1-2,5-7,11,23H2,(H,26,28)/t12-,19?,20-/m0/s1.